The molecule has 2 nitrogen and oxygen atoms in total. The van der Waals surface area contributed by atoms with Gasteiger partial charge >= 0.3 is 0 Å². The molecular weight excluding hydrogens is 350 g/mol. The van der Waals surface area contributed by atoms with Crippen molar-refractivity contribution in [2.45, 2.75) is 33.6 Å². The summed E-state index contributed by atoms with van der Waals surface area (Å²) in [4.78, 5) is 12.1. The van der Waals surface area contributed by atoms with Gasteiger partial charge in [-0.1, -0.05) is 54.0 Å². The van der Waals surface area contributed by atoms with Crippen molar-refractivity contribution in [3.8, 4) is 0 Å². The summed E-state index contributed by atoms with van der Waals surface area (Å²) in [7, 11) is 0. The molecule has 0 aliphatic rings. The highest BCUT2D eigenvalue weighted by Gasteiger charge is 2.06. The molecule has 0 heterocycles. The molecule has 0 aliphatic carbocycles. The van der Waals surface area contributed by atoms with Crippen molar-refractivity contribution in [2.75, 3.05) is 5.32 Å². The van der Waals surface area contributed by atoms with Crippen molar-refractivity contribution in [1.82, 2.24) is 0 Å². The molecule has 0 fully saturated rings. The van der Waals surface area contributed by atoms with E-state index < -0.39 is 0 Å². The molecule has 0 spiro atoms. The van der Waals surface area contributed by atoms with Gasteiger partial charge in [0.05, 0.1) is 0 Å². The number of halogens is 1. The van der Waals surface area contributed by atoms with Crippen molar-refractivity contribution in [2.24, 2.45) is 0 Å². The van der Waals surface area contributed by atoms with Crippen LogP contribution in [0.5, 0.6) is 0 Å². The smallest absolute Gasteiger partial charge is 0.248 e. The average molecular weight is 372 g/mol. The van der Waals surface area contributed by atoms with Gasteiger partial charge in [-0.25, -0.2) is 0 Å². The number of nitrogens with one attached hydrogen (secondary N) is 1. The molecule has 0 aliphatic heterocycles. The van der Waals surface area contributed by atoms with Gasteiger partial charge in [0.1, 0.15) is 0 Å². The molecule has 120 valence electrons. The van der Waals surface area contributed by atoms with E-state index in [0.29, 0.717) is 5.92 Å². The number of benzene rings is 2. The topological polar surface area (TPSA) is 29.1 Å². The largest absolute Gasteiger partial charge is 0.322 e. The van der Waals surface area contributed by atoms with Gasteiger partial charge < -0.3 is 5.32 Å². The third kappa shape index (κ3) is 4.80. The van der Waals surface area contributed by atoms with E-state index in [-0.39, 0.29) is 5.91 Å². The maximum atomic E-state index is 12.1. The Morgan fingerprint density at radius 3 is 2.17 bits per heavy atom. The van der Waals surface area contributed by atoms with Crippen LogP contribution in [-0.2, 0) is 4.79 Å². The second-order valence-corrected chi connectivity index (χ2v) is 6.97. The fourth-order valence-electron chi connectivity index (χ4n) is 2.44. The minimum atomic E-state index is -0.119. The predicted molar refractivity (Wildman–Crippen MR) is 102 cm³/mol. The Balaban J connectivity index is 2.07. The number of aryl methyl sites for hydroxylation is 2. The maximum absolute atomic E-state index is 12.1. The minimum Gasteiger partial charge on any atom is -0.322 e. The number of hydrogen-bond donors (Lipinski definition) is 1. The zero-order valence-corrected chi connectivity index (χ0v) is 15.6. The molecule has 1 N–H and O–H groups in total. The van der Waals surface area contributed by atoms with E-state index in [4.69, 9.17) is 0 Å². The Morgan fingerprint density at radius 1 is 1.09 bits per heavy atom. The SMILES string of the molecule is Cc1cc(Br)cc(C)c1NC(=O)/C=C/c1ccc(C(C)C)cc1. The van der Waals surface area contributed by atoms with Crippen molar-refractivity contribution in [3.63, 3.8) is 0 Å². The standard InChI is InChI=1S/C20H22BrNO/c1-13(2)17-8-5-16(6-9-17)7-10-19(23)22-20-14(3)11-18(21)12-15(20)4/h5-13H,1-4H3,(H,22,23)/b10-7+. The van der Waals surface area contributed by atoms with E-state index in [1.165, 1.54) is 5.56 Å². The molecule has 2 aromatic carbocycles. The average Bonchev–Trinajstić information content (AvgIpc) is 2.49. The lowest BCUT2D eigenvalue weighted by Crippen LogP contribution is -2.10. The van der Waals surface area contributed by atoms with E-state index in [9.17, 15) is 4.79 Å². The Morgan fingerprint density at radius 2 is 1.65 bits per heavy atom. The lowest BCUT2D eigenvalue weighted by atomic mass is 10.0. The fourth-order valence-corrected chi connectivity index (χ4v) is 3.12. The Hall–Kier alpha value is -1.87. The summed E-state index contributed by atoms with van der Waals surface area (Å²) in [6, 6.07) is 12.3. The van der Waals surface area contributed by atoms with Crippen molar-refractivity contribution < 1.29 is 4.79 Å². The van der Waals surface area contributed by atoms with Gasteiger partial charge in [0.2, 0.25) is 5.91 Å². The van der Waals surface area contributed by atoms with Crippen LogP contribution in [0.15, 0.2) is 46.9 Å². The van der Waals surface area contributed by atoms with Crippen molar-refractivity contribution in [3.05, 3.63) is 69.2 Å². The highest BCUT2D eigenvalue weighted by Crippen LogP contribution is 2.25. The van der Waals surface area contributed by atoms with Crippen LogP contribution in [0.2, 0.25) is 0 Å². The van der Waals surface area contributed by atoms with E-state index >= 15 is 0 Å². The third-order valence-electron chi connectivity index (χ3n) is 3.78. The van der Waals surface area contributed by atoms with Crippen molar-refractivity contribution in [1.29, 1.82) is 0 Å². The normalized spacial score (nSPS) is 11.2. The summed E-state index contributed by atoms with van der Waals surface area (Å²) in [6.45, 7) is 8.31. The van der Waals surface area contributed by atoms with Gasteiger partial charge in [-0.3, -0.25) is 4.79 Å². The molecule has 0 unspecified atom stereocenters. The number of carbonyl (C=O) groups is 1. The zero-order valence-electron chi connectivity index (χ0n) is 14.0. The van der Waals surface area contributed by atoms with E-state index in [1.807, 2.05) is 44.2 Å². The highest BCUT2D eigenvalue weighted by atomic mass is 79.9. The molecule has 23 heavy (non-hydrogen) atoms. The van der Waals surface area contributed by atoms with Crippen LogP contribution in [-0.4, -0.2) is 5.91 Å². The fraction of sp³-hybridized carbons (Fsp3) is 0.250. The summed E-state index contributed by atoms with van der Waals surface area (Å²) < 4.78 is 1.02. The molecule has 3 heteroatoms. The first-order valence-electron chi connectivity index (χ1n) is 7.72. The zero-order chi connectivity index (χ0) is 17.0. The Kier molecular flexibility index (Phi) is 5.78. The second-order valence-electron chi connectivity index (χ2n) is 6.06. The summed E-state index contributed by atoms with van der Waals surface area (Å²) in [5.41, 5.74) is 5.28. The molecule has 0 atom stereocenters. The molecule has 2 rings (SSSR count). The minimum absolute atomic E-state index is 0.119. The van der Waals surface area contributed by atoms with E-state index in [0.717, 1.165) is 26.9 Å². The summed E-state index contributed by atoms with van der Waals surface area (Å²) in [5.74, 6) is 0.395. The quantitative estimate of drug-likeness (QED) is 0.671. The van der Waals surface area contributed by atoms with Crippen LogP contribution in [0.25, 0.3) is 6.08 Å². The molecule has 0 radical (unpaired) electrons. The number of amides is 1. The number of hydrogen-bond acceptors (Lipinski definition) is 1. The van der Waals surface area contributed by atoms with Crippen LogP contribution < -0.4 is 5.32 Å². The molecule has 0 saturated carbocycles. The number of carbonyl (C=O) groups excluding carboxylic acids is 1. The van der Waals surface area contributed by atoms with Gasteiger partial charge in [0.15, 0.2) is 0 Å². The van der Waals surface area contributed by atoms with E-state index in [1.54, 1.807) is 6.08 Å². The maximum Gasteiger partial charge on any atom is 0.248 e. The van der Waals surface area contributed by atoms with Crippen LogP contribution >= 0.6 is 15.9 Å². The first-order valence-corrected chi connectivity index (χ1v) is 8.52. The van der Waals surface area contributed by atoms with Crippen LogP contribution in [0.4, 0.5) is 5.69 Å². The van der Waals surface area contributed by atoms with Crippen LogP contribution in [0.3, 0.4) is 0 Å². The van der Waals surface area contributed by atoms with Gasteiger partial charge in [-0.05, 0) is 60.2 Å². The second kappa shape index (κ2) is 7.60. The van der Waals surface area contributed by atoms with Gasteiger partial charge in [-0.15, -0.1) is 0 Å². The molecular formula is C20H22BrNO. The van der Waals surface area contributed by atoms with Crippen LogP contribution in [0, 0.1) is 13.8 Å². The first-order chi connectivity index (χ1) is 10.9. The summed E-state index contributed by atoms with van der Waals surface area (Å²) in [5, 5.41) is 2.96. The molecule has 1 amide bonds. The van der Waals surface area contributed by atoms with Gasteiger partial charge in [0.25, 0.3) is 0 Å². The third-order valence-corrected chi connectivity index (χ3v) is 4.23. The van der Waals surface area contributed by atoms with Crippen molar-refractivity contribution >= 4 is 33.6 Å². The predicted octanol–water partition coefficient (Wildman–Crippen LogP) is 5.84. The molecule has 0 saturated heterocycles. The lowest BCUT2D eigenvalue weighted by molar-refractivity contribution is -0.111. The molecule has 0 aromatic heterocycles. The summed E-state index contributed by atoms with van der Waals surface area (Å²) >= 11 is 3.46. The Bertz CT molecular complexity index is 707. The molecule has 0 bridgehead atoms. The number of rotatable bonds is 4. The lowest BCUT2D eigenvalue weighted by Gasteiger charge is -2.11. The first kappa shape index (κ1) is 17.5. The van der Waals surface area contributed by atoms with Gasteiger partial charge in [0, 0.05) is 16.2 Å². The monoisotopic (exact) mass is 371 g/mol. The highest BCUT2D eigenvalue weighted by molar-refractivity contribution is 9.10. The number of anilines is 1. The molecule has 2 aromatic rings. The summed E-state index contributed by atoms with van der Waals surface area (Å²) in [6.07, 6.45) is 3.41. The van der Waals surface area contributed by atoms with Gasteiger partial charge in [-0.2, -0.15) is 0 Å². The van der Waals surface area contributed by atoms with Crippen LogP contribution in [0.1, 0.15) is 42.0 Å². The Labute approximate surface area is 146 Å². The van der Waals surface area contributed by atoms with E-state index in [2.05, 4.69) is 47.2 Å².